The molecule has 0 aromatic heterocycles. The van der Waals surface area contributed by atoms with Gasteiger partial charge in [-0.15, -0.1) is 0 Å². The number of halogens is 2. The normalized spacial score (nSPS) is 11.3. The minimum atomic E-state index is -0.600. The van der Waals surface area contributed by atoms with Gasteiger partial charge < -0.3 is 4.74 Å². The van der Waals surface area contributed by atoms with Gasteiger partial charge in [-0.1, -0.05) is 12.1 Å². The van der Waals surface area contributed by atoms with E-state index in [0.29, 0.717) is 5.75 Å². The summed E-state index contributed by atoms with van der Waals surface area (Å²) in [6.07, 6.45) is 0. The van der Waals surface area contributed by atoms with Gasteiger partial charge in [0.2, 0.25) is 0 Å². The lowest BCUT2D eigenvalue weighted by atomic mass is 10.3. The lowest BCUT2D eigenvalue weighted by Gasteiger charge is -1.99. The summed E-state index contributed by atoms with van der Waals surface area (Å²) in [7, 11) is 0. The Bertz CT molecular complexity index is 246. The first-order valence-electron chi connectivity index (χ1n) is 2.93. The molecule has 0 saturated heterocycles. The SMILES string of the molecule is F/C(=C\I)Oc1cc[c]cc1. The first kappa shape index (κ1) is 8.52. The Morgan fingerprint density at radius 1 is 1.55 bits per heavy atom. The molecule has 0 heterocycles. The van der Waals surface area contributed by atoms with Crippen LogP contribution in [-0.4, -0.2) is 0 Å². The summed E-state index contributed by atoms with van der Waals surface area (Å²) in [5.74, 6) is 0.481. The predicted octanol–water partition coefficient (Wildman–Crippen LogP) is 3.07. The van der Waals surface area contributed by atoms with Crippen LogP contribution in [0, 0.1) is 6.07 Å². The van der Waals surface area contributed by atoms with Crippen LogP contribution >= 0.6 is 22.6 Å². The van der Waals surface area contributed by atoms with Crippen LogP contribution in [0.1, 0.15) is 0 Å². The van der Waals surface area contributed by atoms with Crippen molar-refractivity contribution in [3.05, 3.63) is 40.4 Å². The average Bonchev–Trinajstić information content (AvgIpc) is 2.06. The number of rotatable bonds is 2. The molecule has 1 aromatic rings. The van der Waals surface area contributed by atoms with E-state index >= 15 is 0 Å². The lowest BCUT2D eigenvalue weighted by molar-refractivity contribution is 0.304. The van der Waals surface area contributed by atoms with E-state index in [9.17, 15) is 4.39 Å². The third-order valence-corrected chi connectivity index (χ3v) is 1.48. The van der Waals surface area contributed by atoms with Crippen LogP contribution in [0.25, 0.3) is 0 Å². The highest BCUT2D eigenvalue weighted by molar-refractivity contribution is 14.1. The molecule has 0 unspecified atom stereocenters. The zero-order valence-corrected chi connectivity index (χ0v) is 7.71. The minimum absolute atomic E-state index is 0.481. The molecule has 1 rings (SSSR count). The molecule has 0 saturated carbocycles. The van der Waals surface area contributed by atoms with Crippen molar-refractivity contribution in [2.45, 2.75) is 0 Å². The van der Waals surface area contributed by atoms with Crippen LogP contribution in [0.4, 0.5) is 4.39 Å². The molecule has 57 valence electrons. The monoisotopic (exact) mass is 263 g/mol. The van der Waals surface area contributed by atoms with Gasteiger partial charge in [-0.05, 0) is 40.8 Å². The molecule has 1 aromatic carbocycles. The molecule has 0 atom stereocenters. The number of hydrogen-bond acceptors (Lipinski definition) is 1. The first-order valence-corrected chi connectivity index (χ1v) is 4.17. The molecular formula is C8H5FIO. The first-order chi connectivity index (χ1) is 5.33. The Kier molecular flexibility index (Phi) is 3.35. The van der Waals surface area contributed by atoms with Crippen molar-refractivity contribution >= 4 is 22.6 Å². The fourth-order valence-corrected chi connectivity index (χ4v) is 0.702. The molecule has 0 aliphatic rings. The molecule has 0 spiro atoms. The summed E-state index contributed by atoms with van der Waals surface area (Å²) in [5.41, 5.74) is 0. The zero-order valence-electron chi connectivity index (χ0n) is 5.55. The highest BCUT2D eigenvalue weighted by Crippen LogP contribution is 2.13. The Hall–Kier alpha value is -0.580. The zero-order chi connectivity index (χ0) is 8.10. The predicted molar refractivity (Wildman–Crippen MR) is 49.1 cm³/mol. The highest BCUT2D eigenvalue weighted by Gasteiger charge is 1.94. The van der Waals surface area contributed by atoms with E-state index in [4.69, 9.17) is 4.74 Å². The molecular weight excluding hydrogens is 258 g/mol. The summed E-state index contributed by atoms with van der Waals surface area (Å²) in [4.78, 5) is 0. The Balaban J connectivity index is 2.65. The molecule has 3 heteroatoms. The highest BCUT2D eigenvalue weighted by atomic mass is 127. The summed E-state index contributed by atoms with van der Waals surface area (Å²) in [6, 6.07) is 8.80. The molecule has 0 N–H and O–H groups in total. The van der Waals surface area contributed by atoms with E-state index in [1.807, 2.05) is 0 Å². The van der Waals surface area contributed by atoms with Crippen molar-refractivity contribution in [3.63, 3.8) is 0 Å². The van der Waals surface area contributed by atoms with E-state index in [2.05, 4.69) is 6.07 Å². The number of hydrogen-bond donors (Lipinski definition) is 0. The summed E-state index contributed by atoms with van der Waals surface area (Å²) in [5, 5.41) is 0. The van der Waals surface area contributed by atoms with Crippen LogP contribution in [0.15, 0.2) is 34.4 Å². The van der Waals surface area contributed by atoms with Crippen LogP contribution in [0.5, 0.6) is 5.75 Å². The summed E-state index contributed by atoms with van der Waals surface area (Å²) < 4.78 is 18.4. The van der Waals surface area contributed by atoms with Crippen molar-refractivity contribution in [1.29, 1.82) is 0 Å². The Morgan fingerprint density at radius 3 is 2.73 bits per heavy atom. The summed E-state index contributed by atoms with van der Waals surface area (Å²) >= 11 is 1.77. The summed E-state index contributed by atoms with van der Waals surface area (Å²) in [6.45, 7) is 0. The van der Waals surface area contributed by atoms with Crippen molar-refractivity contribution in [3.8, 4) is 5.75 Å². The number of ether oxygens (including phenoxy) is 1. The second kappa shape index (κ2) is 4.33. The molecule has 1 nitrogen and oxygen atoms in total. The molecule has 0 aliphatic carbocycles. The van der Waals surface area contributed by atoms with E-state index in [1.54, 1.807) is 46.9 Å². The van der Waals surface area contributed by atoms with Gasteiger partial charge in [0.25, 0.3) is 6.01 Å². The average molecular weight is 263 g/mol. The fourth-order valence-electron chi connectivity index (χ4n) is 0.575. The van der Waals surface area contributed by atoms with Gasteiger partial charge in [0.1, 0.15) is 5.75 Å². The standard InChI is InChI=1S/C8H5FIO/c9-8(6-10)11-7-4-2-1-3-5-7/h2-6H/b8-6+. The van der Waals surface area contributed by atoms with Gasteiger partial charge in [-0.2, -0.15) is 4.39 Å². The Labute approximate surface area is 78.0 Å². The smallest absolute Gasteiger partial charge is 0.284 e. The van der Waals surface area contributed by atoms with Gasteiger partial charge in [-0.3, -0.25) is 0 Å². The topological polar surface area (TPSA) is 9.23 Å². The van der Waals surface area contributed by atoms with E-state index in [-0.39, 0.29) is 0 Å². The van der Waals surface area contributed by atoms with Crippen LogP contribution in [0.2, 0.25) is 0 Å². The third kappa shape index (κ3) is 2.88. The molecule has 0 bridgehead atoms. The van der Waals surface area contributed by atoms with Gasteiger partial charge in [0.05, 0.1) is 0 Å². The maximum absolute atomic E-state index is 12.4. The second-order valence-corrected chi connectivity index (χ2v) is 2.37. The van der Waals surface area contributed by atoms with Gasteiger partial charge >= 0.3 is 0 Å². The Morgan fingerprint density at radius 2 is 2.18 bits per heavy atom. The largest absolute Gasteiger partial charge is 0.431 e. The lowest BCUT2D eigenvalue weighted by Crippen LogP contribution is -1.86. The maximum atomic E-state index is 12.4. The molecule has 0 aliphatic heterocycles. The second-order valence-electron chi connectivity index (χ2n) is 1.75. The quantitative estimate of drug-likeness (QED) is 0.588. The minimum Gasteiger partial charge on any atom is -0.431 e. The van der Waals surface area contributed by atoms with Crippen LogP contribution < -0.4 is 4.74 Å². The van der Waals surface area contributed by atoms with Crippen molar-refractivity contribution < 1.29 is 9.13 Å². The molecule has 0 amide bonds. The van der Waals surface area contributed by atoms with E-state index in [0.717, 1.165) is 0 Å². The van der Waals surface area contributed by atoms with Crippen LogP contribution in [-0.2, 0) is 0 Å². The number of benzene rings is 1. The van der Waals surface area contributed by atoms with Crippen molar-refractivity contribution in [2.75, 3.05) is 0 Å². The van der Waals surface area contributed by atoms with E-state index < -0.39 is 6.01 Å². The van der Waals surface area contributed by atoms with Crippen molar-refractivity contribution in [1.82, 2.24) is 0 Å². The molecule has 0 fully saturated rings. The fraction of sp³-hybridized carbons (Fsp3) is 0. The maximum Gasteiger partial charge on any atom is 0.284 e. The molecule has 1 radical (unpaired) electrons. The van der Waals surface area contributed by atoms with Gasteiger partial charge in [-0.25, -0.2) is 0 Å². The van der Waals surface area contributed by atoms with Crippen LogP contribution in [0.3, 0.4) is 0 Å². The van der Waals surface area contributed by atoms with Gasteiger partial charge in [0.15, 0.2) is 0 Å². The van der Waals surface area contributed by atoms with E-state index in [1.165, 1.54) is 4.08 Å². The van der Waals surface area contributed by atoms with Gasteiger partial charge in [0, 0.05) is 4.08 Å². The van der Waals surface area contributed by atoms with Crippen molar-refractivity contribution in [2.24, 2.45) is 0 Å². The molecule has 11 heavy (non-hydrogen) atoms. The third-order valence-electron chi connectivity index (χ3n) is 0.989.